The highest BCUT2D eigenvalue weighted by Crippen LogP contribution is 2.34. The molecule has 2 aliphatic rings. The van der Waals surface area contributed by atoms with Crippen molar-refractivity contribution in [1.29, 1.82) is 0 Å². The van der Waals surface area contributed by atoms with Gasteiger partial charge in [0, 0.05) is 36.8 Å². The van der Waals surface area contributed by atoms with Crippen molar-refractivity contribution in [3.05, 3.63) is 29.6 Å². The van der Waals surface area contributed by atoms with Gasteiger partial charge in [0.1, 0.15) is 11.6 Å². The molecule has 2 fully saturated rings. The molecule has 0 radical (unpaired) electrons. The van der Waals surface area contributed by atoms with Crippen LogP contribution >= 0.6 is 0 Å². The molecule has 0 amide bonds. The molecule has 3 rings (SSSR count). The van der Waals surface area contributed by atoms with Crippen LogP contribution in [0.5, 0.6) is 5.75 Å². The van der Waals surface area contributed by atoms with E-state index >= 15 is 0 Å². The first-order chi connectivity index (χ1) is 9.56. The van der Waals surface area contributed by atoms with Crippen LogP contribution in [0, 0.1) is 5.82 Å². The molecule has 4 heteroatoms. The molecule has 2 saturated heterocycles. The second-order valence-electron chi connectivity index (χ2n) is 6.21. The number of halogens is 1. The molecule has 1 aromatic carbocycles. The fourth-order valence-electron chi connectivity index (χ4n) is 3.74. The number of benzene rings is 1. The Morgan fingerprint density at radius 3 is 2.80 bits per heavy atom. The Morgan fingerprint density at radius 1 is 1.25 bits per heavy atom. The van der Waals surface area contributed by atoms with Gasteiger partial charge in [0.25, 0.3) is 0 Å². The van der Waals surface area contributed by atoms with Crippen LogP contribution in [0.4, 0.5) is 4.39 Å². The van der Waals surface area contributed by atoms with E-state index in [0.29, 0.717) is 17.6 Å². The Morgan fingerprint density at radius 2 is 2.00 bits per heavy atom. The summed E-state index contributed by atoms with van der Waals surface area (Å²) in [7, 11) is 2.22. The standard InChI is InChI=1S/C16H23FN2O/c1-11(15-9-12(17)3-6-16(15)20)19-8-7-13-4-5-14(10-19)18(13)2/h3,6,9,11,13-14,20H,4-5,7-8,10H2,1-2H3. The average molecular weight is 278 g/mol. The SMILES string of the molecule is CC(c1cc(F)ccc1O)N1CCC2CCC(C1)N2C. The third-order valence-electron chi connectivity index (χ3n) is 5.17. The molecule has 3 atom stereocenters. The normalized spacial score (nSPS) is 29.4. The van der Waals surface area contributed by atoms with Gasteiger partial charge < -0.3 is 5.11 Å². The maximum Gasteiger partial charge on any atom is 0.123 e. The maximum absolute atomic E-state index is 13.4. The molecule has 0 saturated carbocycles. The summed E-state index contributed by atoms with van der Waals surface area (Å²) in [5, 5.41) is 9.99. The van der Waals surface area contributed by atoms with Gasteiger partial charge in [-0.15, -0.1) is 0 Å². The van der Waals surface area contributed by atoms with E-state index in [1.165, 1.54) is 31.0 Å². The van der Waals surface area contributed by atoms with Crippen LogP contribution in [-0.4, -0.2) is 47.1 Å². The van der Waals surface area contributed by atoms with Crippen LogP contribution in [0.25, 0.3) is 0 Å². The maximum atomic E-state index is 13.4. The molecule has 1 aromatic rings. The molecule has 0 spiro atoms. The molecule has 3 unspecified atom stereocenters. The number of hydrogen-bond acceptors (Lipinski definition) is 3. The highest BCUT2D eigenvalue weighted by atomic mass is 19.1. The molecule has 2 aliphatic heterocycles. The topological polar surface area (TPSA) is 26.7 Å². The van der Waals surface area contributed by atoms with Crippen molar-refractivity contribution in [3.8, 4) is 5.75 Å². The van der Waals surface area contributed by atoms with E-state index in [0.717, 1.165) is 19.5 Å². The minimum atomic E-state index is -0.280. The average Bonchev–Trinajstić information content (AvgIpc) is 2.65. The van der Waals surface area contributed by atoms with Crippen molar-refractivity contribution >= 4 is 0 Å². The molecule has 1 N–H and O–H groups in total. The lowest BCUT2D eigenvalue weighted by Crippen LogP contribution is -2.37. The lowest BCUT2D eigenvalue weighted by Gasteiger charge is -2.31. The second kappa shape index (κ2) is 5.34. The molecule has 110 valence electrons. The first-order valence-corrected chi connectivity index (χ1v) is 7.50. The summed E-state index contributed by atoms with van der Waals surface area (Å²) in [6.07, 6.45) is 3.71. The van der Waals surface area contributed by atoms with Crippen LogP contribution in [0.2, 0.25) is 0 Å². The first kappa shape index (κ1) is 13.8. The fraction of sp³-hybridized carbons (Fsp3) is 0.625. The summed E-state index contributed by atoms with van der Waals surface area (Å²) < 4.78 is 13.4. The Hall–Kier alpha value is -1.13. The number of aromatic hydroxyl groups is 1. The lowest BCUT2D eigenvalue weighted by atomic mass is 10.0. The summed E-state index contributed by atoms with van der Waals surface area (Å²) in [4.78, 5) is 4.88. The van der Waals surface area contributed by atoms with Crippen molar-refractivity contribution in [2.75, 3.05) is 20.1 Å². The third kappa shape index (κ3) is 2.42. The van der Waals surface area contributed by atoms with E-state index in [-0.39, 0.29) is 17.6 Å². The van der Waals surface area contributed by atoms with Crippen LogP contribution in [0.1, 0.15) is 37.8 Å². The van der Waals surface area contributed by atoms with E-state index in [4.69, 9.17) is 0 Å². The lowest BCUT2D eigenvalue weighted by molar-refractivity contribution is 0.179. The molecule has 0 aromatic heterocycles. The smallest absolute Gasteiger partial charge is 0.123 e. The van der Waals surface area contributed by atoms with Crippen LogP contribution < -0.4 is 0 Å². The van der Waals surface area contributed by atoms with Crippen molar-refractivity contribution < 1.29 is 9.50 Å². The summed E-state index contributed by atoms with van der Waals surface area (Å²) >= 11 is 0. The summed E-state index contributed by atoms with van der Waals surface area (Å²) in [5.74, 6) is -0.0835. The predicted octanol–water partition coefficient (Wildman–Crippen LogP) is 2.76. The number of likely N-dealkylation sites (N-methyl/N-ethyl adjacent to an activating group) is 1. The van der Waals surface area contributed by atoms with Gasteiger partial charge in [-0.3, -0.25) is 9.80 Å². The van der Waals surface area contributed by atoms with Crippen LogP contribution in [0.3, 0.4) is 0 Å². The Bertz CT molecular complexity index is 493. The number of rotatable bonds is 2. The molecule has 3 nitrogen and oxygen atoms in total. The highest BCUT2D eigenvalue weighted by Gasteiger charge is 2.36. The fourth-order valence-corrected chi connectivity index (χ4v) is 3.74. The van der Waals surface area contributed by atoms with Gasteiger partial charge in [-0.2, -0.15) is 0 Å². The van der Waals surface area contributed by atoms with Crippen molar-refractivity contribution in [3.63, 3.8) is 0 Å². The van der Waals surface area contributed by atoms with E-state index in [2.05, 4.69) is 23.8 Å². The van der Waals surface area contributed by atoms with Crippen molar-refractivity contribution in [1.82, 2.24) is 9.80 Å². The second-order valence-corrected chi connectivity index (χ2v) is 6.21. The minimum Gasteiger partial charge on any atom is -0.508 e. The van der Waals surface area contributed by atoms with Gasteiger partial charge in [-0.1, -0.05) is 0 Å². The van der Waals surface area contributed by atoms with Gasteiger partial charge in [0.2, 0.25) is 0 Å². The number of nitrogens with zero attached hydrogens (tertiary/aromatic N) is 2. The van der Waals surface area contributed by atoms with Gasteiger partial charge >= 0.3 is 0 Å². The first-order valence-electron chi connectivity index (χ1n) is 7.50. The quantitative estimate of drug-likeness (QED) is 0.901. The zero-order valence-electron chi connectivity index (χ0n) is 12.2. The zero-order chi connectivity index (χ0) is 14.3. The summed E-state index contributed by atoms with van der Waals surface area (Å²) in [5.41, 5.74) is 0.699. The number of phenols is 1. The minimum absolute atomic E-state index is 0.0541. The number of fused-ring (bicyclic) bond motifs is 2. The zero-order valence-corrected chi connectivity index (χ0v) is 12.2. The molecular formula is C16H23FN2O. The van der Waals surface area contributed by atoms with Gasteiger partial charge in [0.15, 0.2) is 0 Å². The Labute approximate surface area is 120 Å². The van der Waals surface area contributed by atoms with E-state index in [9.17, 15) is 9.50 Å². The molecular weight excluding hydrogens is 255 g/mol. The summed E-state index contributed by atoms with van der Waals surface area (Å²) in [6.45, 7) is 4.08. The molecule has 20 heavy (non-hydrogen) atoms. The van der Waals surface area contributed by atoms with Gasteiger partial charge in [0.05, 0.1) is 0 Å². The molecule has 0 aliphatic carbocycles. The Balaban J connectivity index is 1.80. The highest BCUT2D eigenvalue weighted by molar-refractivity contribution is 5.35. The van der Waals surface area contributed by atoms with E-state index < -0.39 is 0 Å². The number of phenolic OH excluding ortho intramolecular Hbond substituents is 1. The third-order valence-corrected chi connectivity index (χ3v) is 5.17. The van der Waals surface area contributed by atoms with Crippen LogP contribution in [0.15, 0.2) is 18.2 Å². The molecule has 2 bridgehead atoms. The van der Waals surface area contributed by atoms with Crippen molar-refractivity contribution in [2.24, 2.45) is 0 Å². The summed E-state index contributed by atoms with van der Waals surface area (Å²) in [6, 6.07) is 5.57. The Kier molecular flexibility index (Phi) is 3.69. The molecule has 2 heterocycles. The van der Waals surface area contributed by atoms with E-state index in [1.54, 1.807) is 0 Å². The largest absolute Gasteiger partial charge is 0.508 e. The number of likely N-dealkylation sites (tertiary alicyclic amines) is 1. The van der Waals surface area contributed by atoms with Crippen LogP contribution in [-0.2, 0) is 0 Å². The number of hydrogen-bond donors (Lipinski definition) is 1. The van der Waals surface area contributed by atoms with Gasteiger partial charge in [-0.05, 0) is 51.4 Å². The van der Waals surface area contributed by atoms with E-state index in [1.807, 2.05) is 0 Å². The van der Waals surface area contributed by atoms with Crippen molar-refractivity contribution in [2.45, 2.75) is 44.3 Å². The monoisotopic (exact) mass is 278 g/mol. The predicted molar refractivity (Wildman–Crippen MR) is 77.2 cm³/mol. The van der Waals surface area contributed by atoms with Gasteiger partial charge in [-0.25, -0.2) is 4.39 Å².